The molecule has 2 aromatic rings. The molecule has 1 aromatic carbocycles. The van der Waals surface area contributed by atoms with Crippen molar-refractivity contribution in [3.63, 3.8) is 0 Å². The number of hydrogen-bond acceptors (Lipinski definition) is 10. The number of nitrogens with zero attached hydrogens (tertiary/aromatic N) is 4. The fraction of sp³-hybridized carbons (Fsp3) is 0.531. The van der Waals surface area contributed by atoms with Gasteiger partial charge in [0.2, 0.25) is 12.3 Å². The normalized spacial score (nSPS) is 14.8. The molecule has 13 heteroatoms. The van der Waals surface area contributed by atoms with Crippen molar-refractivity contribution in [2.45, 2.75) is 51.0 Å². The Morgan fingerprint density at radius 1 is 1.11 bits per heavy atom. The third-order valence-corrected chi connectivity index (χ3v) is 7.18. The minimum absolute atomic E-state index is 0.0688. The second-order valence-corrected chi connectivity index (χ2v) is 11.3. The SMILES string of the molecule is CCN(C)C(=O)/C=C/CN(C)C.NC(=O)c1nc(C2CC2)c(NC2CCOCC2)nc1Nc1cccc(OCCCNC=O)c1. The maximum absolute atomic E-state index is 12.2. The summed E-state index contributed by atoms with van der Waals surface area (Å²) in [6.45, 7) is 5.96. The predicted molar refractivity (Wildman–Crippen MR) is 175 cm³/mol. The van der Waals surface area contributed by atoms with Crippen LogP contribution in [0.5, 0.6) is 5.75 Å². The van der Waals surface area contributed by atoms with E-state index in [1.54, 1.807) is 18.0 Å². The van der Waals surface area contributed by atoms with E-state index < -0.39 is 5.91 Å². The van der Waals surface area contributed by atoms with Crippen LogP contribution in [0.3, 0.4) is 0 Å². The maximum atomic E-state index is 12.2. The zero-order chi connectivity index (χ0) is 32.6. The molecule has 2 aliphatic rings. The van der Waals surface area contributed by atoms with Crippen molar-refractivity contribution in [2.75, 3.05) is 71.2 Å². The van der Waals surface area contributed by atoms with Crippen LogP contribution in [0, 0.1) is 0 Å². The maximum Gasteiger partial charge on any atom is 0.271 e. The number of benzene rings is 1. The summed E-state index contributed by atoms with van der Waals surface area (Å²) in [5.74, 6) is 1.42. The van der Waals surface area contributed by atoms with E-state index in [0.717, 1.165) is 44.5 Å². The molecule has 0 unspecified atom stereocenters. The summed E-state index contributed by atoms with van der Waals surface area (Å²) < 4.78 is 11.2. The quantitative estimate of drug-likeness (QED) is 0.124. The molecule has 1 saturated carbocycles. The van der Waals surface area contributed by atoms with E-state index in [9.17, 15) is 14.4 Å². The molecule has 5 N–H and O–H groups in total. The number of ether oxygens (including phenoxy) is 2. The standard InChI is InChI=1S/C23H30N6O4.C9H18N2O/c24-21(31)20-23(27-17-3-1-4-18(13-17)33-10-2-9-25-14-30)29-22(19(28-20)15-5-6-15)26-16-7-11-32-12-8-16;1-5-11(4)9(12)7-6-8-10(2)3/h1,3-4,13-16H,2,5-12H2,(H2,24,31)(H,25,30)(H2,26,27,29);6-7H,5,8H2,1-4H3/b;7-6+. The lowest BCUT2D eigenvalue weighted by atomic mass is 10.1. The highest BCUT2D eigenvalue weighted by molar-refractivity contribution is 5.96. The molecule has 1 aromatic heterocycles. The molecular formula is C32H48N8O5. The molecule has 0 bridgehead atoms. The van der Waals surface area contributed by atoms with Gasteiger partial charge < -0.3 is 41.0 Å². The summed E-state index contributed by atoms with van der Waals surface area (Å²) >= 11 is 0. The van der Waals surface area contributed by atoms with Gasteiger partial charge in [-0.3, -0.25) is 14.4 Å². The fourth-order valence-corrected chi connectivity index (χ4v) is 4.36. The van der Waals surface area contributed by atoms with Crippen molar-refractivity contribution in [2.24, 2.45) is 5.73 Å². The molecule has 4 rings (SSSR count). The molecule has 3 amide bonds. The number of carbonyl (C=O) groups is 3. The van der Waals surface area contributed by atoms with Crippen molar-refractivity contribution in [1.82, 2.24) is 25.1 Å². The lowest BCUT2D eigenvalue weighted by Gasteiger charge is -2.25. The number of nitrogens with one attached hydrogen (secondary N) is 3. The lowest BCUT2D eigenvalue weighted by molar-refractivity contribution is -0.124. The molecule has 13 nitrogen and oxygen atoms in total. The van der Waals surface area contributed by atoms with Gasteiger partial charge in [-0.05, 0) is 65.3 Å². The zero-order valence-corrected chi connectivity index (χ0v) is 26.9. The first-order valence-corrected chi connectivity index (χ1v) is 15.5. The number of hydrogen-bond donors (Lipinski definition) is 4. The molecular weight excluding hydrogens is 576 g/mol. The third-order valence-electron chi connectivity index (χ3n) is 7.18. The van der Waals surface area contributed by atoms with E-state index in [4.69, 9.17) is 20.2 Å². The predicted octanol–water partition coefficient (Wildman–Crippen LogP) is 2.88. The van der Waals surface area contributed by atoms with Crippen LogP contribution < -0.4 is 26.4 Å². The van der Waals surface area contributed by atoms with E-state index in [1.165, 1.54) is 0 Å². The Bertz CT molecular complexity index is 1280. The van der Waals surface area contributed by atoms with E-state index in [2.05, 4.69) is 20.9 Å². The zero-order valence-electron chi connectivity index (χ0n) is 26.9. The van der Waals surface area contributed by atoms with Crippen molar-refractivity contribution in [1.29, 1.82) is 0 Å². The monoisotopic (exact) mass is 624 g/mol. The summed E-state index contributed by atoms with van der Waals surface area (Å²) in [5, 5.41) is 9.31. The summed E-state index contributed by atoms with van der Waals surface area (Å²) in [7, 11) is 5.74. The van der Waals surface area contributed by atoms with E-state index >= 15 is 0 Å². The van der Waals surface area contributed by atoms with Crippen molar-refractivity contribution in [3.05, 3.63) is 47.8 Å². The van der Waals surface area contributed by atoms with Crippen LogP contribution in [0.25, 0.3) is 0 Å². The minimum Gasteiger partial charge on any atom is -0.493 e. The summed E-state index contributed by atoms with van der Waals surface area (Å²) in [5.41, 5.74) is 7.29. The number of likely N-dealkylation sites (N-methyl/N-ethyl adjacent to an activating group) is 2. The molecule has 0 atom stereocenters. The van der Waals surface area contributed by atoms with Gasteiger partial charge >= 0.3 is 0 Å². The first-order valence-electron chi connectivity index (χ1n) is 15.5. The average Bonchev–Trinajstić information content (AvgIpc) is 3.87. The van der Waals surface area contributed by atoms with Gasteiger partial charge in [0.15, 0.2) is 17.3 Å². The first-order chi connectivity index (χ1) is 21.7. The van der Waals surface area contributed by atoms with Gasteiger partial charge in [0.05, 0.1) is 12.3 Å². The fourth-order valence-electron chi connectivity index (χ4n) is 4.36. The van der Waals surface area contributed by atoms with Crippen molar-refractivity contribution in [3.8, 4) is 5.75 Å². The second kappa shape index (κ2) is 18.5. The number of aromatic nitrogens is 2. The molecule has 2 heterocycles. The largest absolute Gasteiger partial charge is 0.493 e. The number of amides is 3. The van der Waals surface area contributed by atoms with Gasteiger partial charge in [0.25, 0.3) is 5.91 Å². The van der Waals surface area contributed by atoms with Crippen LogP contribution in [0.1, 0.15) is 61.1 Å². The molecule has 45 heavy (non-hydrogen) atoms. The van der Waals surface area contributed by atoms with Gasteiger partial charge in [-0.1, -0.05) is 12.1 Å². The molecule has 2 fully saturated rings. The Labute approximate surface area is 265 Å². The molecule has 0 radical (unpaired) electrons. The van der Waals surface area contributed by atoms with E-state index in [0.29, 0.717) is 68.2 Å². The van der Waals surface area contributed by atoms with E-state index in [1.807, 2.05) is 56.3 Å². The van der Waals surface area contributed by atoms with Gasteiger partial charge in [0, 0.05) is 69.7 Å². The first kappa shape index (κ1) is 35.3. The number of rotatable bonds is 16. The molecule has 1 saturated heterocycles. The molecule has 1 aliphatic carbocycles. The number of primary amides is 1. The lowest BCUT2D eigenvalue weighted by Crippen LogP contribution is -2.29. The van der Waals surface area contributed by atoms with Gasteiger partial charge in [-0.2, -0.15) is 0 Å². The van der Waals surface area contributed by atoms with Crippen LogP contribution in [0.4, 0.5) is 17.3 Å². The molecule has 1 aliphatic heterocycles. The highest BCUT2D eigenvalue weighted by Gasteiger charge is 2.32. The topological polar surface area (TPSA) is 164 Å². The smallest absolute Gasteiger partial charge is 0.271 e. The Balaban J connectivity index is 0.000000392. The molecule has 0 spiro atoms. The highest BCUT2D eigenvalue weighted by atomic mass is 16.5. The van der Waals surface area contributed by atoms with Gasteiger partial charge in [-0.25, -0.2) is 9.97 Å². The Morgan fingerprint density at radius 3 is 2.51 bits per heavy atom. The van der Waals surface area contributed by atoms with Crippen molar-refractivity contribution >= 4 is 35.5 Å². The Morgan fingerprint density at radius 2 is 1.87 bits per heavy atom. The van der Waals surface area contributed by atoms with Crippen LogP contribution in [-0.4, -0.2) is 105 Å². The van der Waals surface area contributed by atoms with Crippen molar-refractivity contribution < 1.29 is 23.9 Å². The third kappa shape index (κ3) is 12.4. The summed E-state index contributed by atoms with van der Waals surface area (Å²) in [4.78, 5) is 46.8. The number of carbonyl (C=O) groups excluding carboxylic acids is 3. The number of nitrogens with two attached hydrogens (primary N) is 1. The van der Waals surface area contributed by atoms with Gasteiger partial charge in [0.1, 0.15) is 5.75 Å². The van der Waals surface area contributed by atoms with Crippen LogP contribution in [0.15, 0.2) is 36.4 Å². The van der Waals surface area contributed by atoms with E-state index in [-0.39, 0.29) is 17.6 Å². The average molecular weight is 625 g/mol. The Kier molecular flexibility index (Phi) is 14.5. The molecule has 246 valence electrons. The highest BCUT2D eigenvalue weighted by Crippen LogP contribution is 2.43. The number of anilines is 3. The second-order valence-electron chi connectivity index (χ2n) is 11.3. The van der Waals surface area contributed by atoms with Crippen LogP contribution in [-0.2, 0) is 14.3 Å². The minimum atomic E-state index is -0.625. The van der Waals surface area contributed by atoms with Gasteiger partial charge in [-0.15, -0.1) is 0 Å². The summed E-state index contributed by atoms with van der Waals surface area (Å²) in [6, 6.07) is 7.61. The van der Waals surface area contributed by atoms with Crippen LogP contribution >= 0.6 is 0 Å². The summed E-state index contributed by atoms with van der Waals surface area (Å²) in [6.07, 6.45) is 8.70. The Hall–Kier alpha value is -4.23. The van der Waals surface area contributed by atoms with Crippen LogP contribution in [0.2, 0.25) is 0 Å².